The molecule has 31 heavy (non-hydrogen) atoms. The highest BCUT2D eigenvalue weighted by Crippen LogP contribution is 2.44. The molecule has 3 aliphatic rings. The molecule has 0 N–H and O–H groups in total. The molecule has 0 radical (unpaired) electrons. The van der Waals surface area contributed by atoms with E-state index in [1.807, 2.05) is 23.9 Å². The van der Waals surface area contributed by atoms with Gasteiger partial charge < -0.3 is 9.80 Å². The van der Waals surface area contributed by atoms with E-state index in [4.69, 9.17) is 0 Å². The fourth-order valence-corrected chi connectivity index (χ4v) is 6.92. The van der Waals surface area contributed by atoms with Gasteiger partial charge in [0, 0.05) is 37.4 Å². The first-order valence-corrected chi connectivity index (χ1v) is 13.1. The van der Waals surface area contributed by atoms with Crippen LogP contribution in [0.2, 0.25) is 0 Å². The van der Waals surface area contributed by atoms with Crippen molar-refractivity contribution in [3.8, 4) is 0 Å². The van der Waals surface area contributed by atoms with E-state index in [0.29, 0.717) is 12.3 Å². The molecule has 1 saturated carbocycles. The average molecular weight is 443 g/mol. The predicted molar refractivity (Wildman–Crippen MR) is 128 cm³/mol. The number of hydrogen-bond acceptors (Lipinski definition) is 3. The third-order valence-corrected chi connectivity index (χ3v) is 9.11. The number of benzene rings is 1. The largest absolute Gasteiger partial charge is 0.342 e. The summed E-state index contributed by atoms with van der Waals surface area (Å²) in [4.78, 5) is 30.1. The van der Waals surface area contributed by atoms with Gasteiger partial charge in [-0.05, 0) is 48.3 Å². The van der Waals surface area contributed by atoms with Crippen molar-refractivity contribution in [2.24, 2.45) is 5.92 Å². The average Bonchev–Trinajstić information content (AvgIpc) is 3.42. The zero-order valence-corrected chi connectivity index (χ0v) is 20.3. The van der Waals surface area contributed by atoms with E-state index in [9.17, 15) is 9.59 Å². The lowest BCUT2D eigenvalue weighted by molar-refractivity contribution is -0.133. The number of thioether (sulfide) groups is 1. The molecule has 2 saturated heterocycles. The highest BCUT2D eigenvalue weighted by atomic mass is 32.2. The van der Waals surface area contributed by atoms with Crippen LogP contribution in [0.25, 0.3) is 0 Å². The summed E-state index contributed by atoms with van der Waals surface area (Å²) in [5, 5.41) is 0. The van der Waals surface area contributed by atoms with Crippen molar-refractivity contribution in [3.63, 3.8) is 0 Å². The summed E-state index contributed by atoms with van der Waals surface area (Å²) < 4.78 is 0. The normalized spacial score (nSPS) is 21.8. The molecule has 2 amide bonds. The maximum absolute atomic E-state index is 13.4. The van der Waals surface area contributed by atoms with Crippen LogP contribution in [0, 0.1) is 5.92 Å². The van der Waals surface area contributed by atoms with Gasteiger partial charge in [0.15, 0.2) is 0 Å². The second kappa shape index (κ2) is 9.17. The highest BCUT2D eigenvalue weighted by molar-refractivity contribution is 8.00. The van der Waals surface area contributed by atoms with Crippen LogP contribution in [0.5, 0.6) is 0 Å². The van der Waals surface area contributed by atoms with Crippen LogP contribution in [0.15, 0.2) is 24.3 Å². The molecule has 170 valence electrons. The Morgan fingerprint density at radius 3 is 2.29 bits per heavy atom. The molecular formula is C26H38N2O2S. The van der Waals surface area contributed by atoms with Crippen molar-refractivity contribution in [3.05, 3.63) is 35.4 Å². The van der Waals surface area contributed by atoms with E-state index < -0.39 is 0 Å². The number of rotatable bonds is 4. The maximum Gasteiger partial charge on any atom is 0.254 e. The molecule has 5 heteroatoms. The minimum atomic E-state index is -0.137. The lowest BCUT2D eigenvalue weighted by Crippen LogP contribution is -2.53. The van der Waals surface area contributed by atoms with Gasteiger partial charge in [-0.1, -0.05) is 58.6 Å². The first-order chi connectivity index (χ1) is 14.8. The number of nitrogens with zero attached hydrogens (tertiary/aromatic N) is 2. The lowest BCUT2D eigenvalue weighted by Gasteiger charge is -2.44. The molecule has 2 heterocycles. The molecule has 1 aromatic carbocycles. The summed E-state index contributed by atoms with van der Waals surface area (Å²) in [6, 6.07) is 8.16. The van der Waals surface area contributed by atoms with Gasteiger partial charge in [0.1, 0.15) is 0 Å². The highest BCUT2D eigenvalue weighted by Gasteiger charge is 2.47. The Kier molecular flexibility index (Phi) is 6.71. The van der Waals surface area contributed by atoms with Gasteiger partial charge in [-0.2, -0.15) is 0 Å². The van der Waals surface area contributed by atoms with Crippen molar-refractivity contribution >= 4 is 23.6 Å². The summed E-state index contributed by atoms with van der Waals surface area (Å²) in [6.07, 6.45) is 8.83. The Labute approximate surface area is 192 Å². The van der Waals surface area contributed by atoms with Gasteiger partial charge >= 0.3 is 0 Å². The minimum Gasteiger partial charge on any atom is -0.342 e. The van der Waals surface area contributed by atoms with E-state index in [1.165, 1.54) is 31.2 Å². The number of amides is 2. The molecule has 0 bridgehead atoms. The van der Waals surface area contributed by atoms with Crippen molar-refractivity contribution in [1.82, 2.24) is 9.80 Å². The summed E-state index contributed by atoms with van der Waals surface area (Å²) in [7, 11) is 0. The van der Waals surface area contributed by atoms with E-state index >= 15 is 0 Å². The molecule has 1 aliphatic carbocycles. The number of carbonyl (C=O) groups excluding carboxylic acids is 2. The standard InChI is InChI=1S/C26H38N2O2S/c1-25(2,3)22-11-9-21(10-12-22)24(30)28-18-19-31-26(28)14-16-27(17-15-26)23(29)13-8-20-6-4-5-7-20/h9-12,20H,4-8,13-19H2,1-3H3. The zero-order chi connectivity index (χ0) is 22.1. The van der Waals surface area contributed by atoms with Gasteiger partial charge in [0.2, 0.25) is 5.91 Å². The Morgan fingerprint density at radius 1 is 1.03 bits per heavy atom. The molecule has 1 aromatic rings. The molecule has 0 aromatic heterocycles. The number of hydrogen-bond donors (Lipinski definition) is 0. The van der Waals surface area contributed by atoms with Crippen molar-refractivity contribution in [2.75, 3.05) is 25.4 Å². The Balaban J connectivity index is 1.35. The van der Waals surface area contributed by atoms with E-state index in [1.54, 1.807) is 0 Å². The molecule has 2 aliphatic heterocycles. The van der Waals surface area contributed by atoms with Crippen LogP contribution in [0.4, 0.5) is 0 Å². The van der Waals surface area contributed by atoms with Gasteiger partial charge in [0.25, 0.3) is 5.91 Å². The fourth-order valence-electron chi connectivity index (χ4n) is 5.47. The Hall–Kier alpha value is -1.49. The van der Waals surface area contributed by atoms with Gasteiger partial charge in [0.05, 0.1) is 4.87 Å². The molecular weight excluding hydrogens is 404 g/mol. The quantitative estimate of drug-likeness (QED) is 0.621. The third-order valence-electron chi connectivity index (χ3n) is 7.56. The third kappa shape index (κ3) is 4.97. The Morgan fingerprint density at radius 2 is 1.68 bits per heavy atom. The van der Waals surface area contributed by atoms with Crippen LogP contribution >= 0.6 is 11.8 Å². The molecule has 1 spiro atoms. The van der Waals surface area contributed by atoms with E-state index in [-0.39, 0.29) is 16.2 Å². The summed E-state index contributed by atoms with van der Waals surface area (Å²) in [6.45, 7) is 8.95. The van der Waals surface area contributed by atoms with Crippen LogP contribution in [0.3, 0.4) is 0 Å². The summed E-state index contributed by atoms with van der Waals surface area (Å²) in [5.41, 5.74) is 2.12. The number of piperidine rings is 1. The van der Waals surface area contributed by atoms with E-state index in [2.05, 4.69) is 42.7 Å². The first kappa shape index (κ1) is 22.7. The number of likely N-dealkylation sites (tertiary alicyclic amines) is 1. The summed E-state index contributed by atoms with van der Waals surface area (Å²) in [5.74, 6) is 2.22. The van der Waals surface area contributed by atoms with Crippen LogP contribution in [-0.2, 0) is 10.2 Å². The topological polar surface area (TPSA) is 40.6 Å². The first-order valence-electron chi connectivity index (χ1n) is 12.1. The molecule has 0 unspecified atom stereocenters. The second-order valence-electron chi connectivity index (χ2n) is 10.6. The minimum absolute atomic E-state index is 0.0867. The smallest absolute Gasteiger partial charge is 0.254 e. The van der Waals surface area contributed by atoms with Gasteiger partial charge in [-0.3, -0.25) is 9.59 Å². The molecule has 4 rings (SSSR count). The SMILES string of the molecule is CC(C)(C)c1ccc(C(=O)N2CCSC23CCN(C(=O)CCC2CCCC2)CC3)cc1. The predicted octanol–water partition coefficient (Wildman–Crippen LogP) is 5.46. The zero-order valence-electron chi connectivity index (χ0n) is 19.5. The fraction of sp³-hybridized carbons (Fsp3) is 0.692. The van der Waals surface area contributed by atoms with Gasteiger partial charge in [-0.15, -0.1) is 11.8 Å². The van der Waals surface area contributed by atoms with Crippen molar-refractivity contribution in [1.29, 1.82) is 0 Å². The van der Waals surface area contributed by atoms with Crippen molar-refractivity contribution in [2.45, 2.75) is 82.4 Å². The second-order valence-corrected chi connectivity index (χ2v) is 12.1. The van der Waals surface area contributed by atoms with Crippen LogP contribution in [0.1, 0.15) is 88.1 Å². The van der Waals surface area contributed by atoms with Crippen LogP contribution < -0.4 is 0 Å². The summed E-state index contributed by atoms with van der Waals surface area (Å²) >= 11 is 1.92. The monoisotopic (exact) mass is 442 g/mol. The number of carbonyl (C=O) groups is 2. The van der Waals surface area contributed by atoms with E-state index in [0.717, 1.165) is 56.1 Å². The van der Waals surface area contributed by atoms with Crippen LogP contribution in [-0.4, -0.2) is 51.9 Å². The van der Waals surface area contributed by atoms with Gasteiger partial charge in [-0.25, -0.2) is 0 Å². The lowest BCUT2D eigenvalue weighted by atomic mass is 9.86. The maximum atomic E-state index is 13.4. The molecule has 4 nitrogen and oxygen atoms in total. The molecule has 0 atom stereocenters. The Bertz CT molecular complexity index is 785. The molecule has 3 fully saturated rings. The van der Waals surface area contributed by atoms with Crippen molar-refractivity contribution < 1.29 is 9.59 Å².